The summed E-state index contributed by atoms with van der Waals surface area (Å²) in [5.74, 6) is 0. The summed E-state index contributed by atoms with van der Waals surface area (Å²) in [7, 11) is 0. The van der Waals surface area contributed by atoms with Gasteiger partial charge in [0.15, 0.2) is 4.96 Å². The van der Waals surface area contributed by atoms with E-state index in [2.05, 4.69) is 4.98 Å². The number of rotatable bonds is 1. The standard InChI is InChI=1S/C18H11N3OS/c22-17-16-15(12-8-4-5-9-13(12)19-16)20-18-21(17)14(10-23-18)11-6-2-1-3-7-11/h1-10,19H. The van der Waals surface area contributed by atoms with Gasteiger partial charge in [0.2, 0.25) is 0 Å². The Labute approximate surface area is 134 Å². The van der Waals surface area contributed by atoms with Crippen LogP contribution in [0.1, 0.15) is 0 Å². The highest BCUT2D eigenvalue weighted by atomic mass is 32.1. The Morgan fingerprint density at radius 3 is 2.65 bits per heavy atom. The number of nitrogens with zero attached hydrogens (tertiary/aromatic N) is 2. The molecule has 0 atom stereocenters. The molecular formula is C18H11N3OS. The van der Waals surface area contributed by atoms with Crippen molar-refractivity contribution in [1.82, 2.24) is 14.4 Å². The monoisotopic (exact) mass is 317 g/mol. The van der Waals surface area contributed by atoms with E-state index in [9.17, 15) is 4.79 Å². The van der Waals surface area contributed by atoms with Crippen molar-refractivity contribution in [2.45, 2.75) is 0 Å². The second-order valence-corrected chi connectivity index (χ2v) is 6.25. The van der Waals surface area contributed by atoms with Gasteiger partial charge in [-0.2, -0.15) is 0 Å². The van der Waals surface area contributed by atoms with Gasteiger partial charge in [-0.15, -0.1) is 11.3 Å². The molecule has 110 valence electrons. The molecule has 0 aliphatic rings. The number of thiazole rings is 1. The molecule has 0 fully saturated rings. The van der Waals surface area contributed by atoms with E-state index < -0.39 is 0 Å². The molecule has 0 saturated carbocycles. The Kier molecular flexibility index (Phi) is 2.49. The molecule has 5 aromatic rings. The van der Waals surface area contributed by atoms with Crippen LogP contribution in [0, 0.1) is 0 Å². The van der Waals surface area contributed by atoms with Crippen molar-refractivity contribution in [3.63, 3.8) is 0 Å². The lowest BCUT2D eigenvalue weighted by Gasteiger charge is -2.01. The van der Waals surface area contributed by atoms with Crippen molar-refractivity contribution in [2.75, 3.05) is 0 Å². The molecule has 0 amide bonds. The molecule has 0 spiro atoms. The zero-order valence-corrected chi connectivity index (χ0v) is 12.8. The Morgan fingerprint density at radius 1 is 1.00 bits per heavy atom. The van der Waals surface area contributed by atoms with Crippen molar-refractivity contribution in [3.05, 3.63) is 70.3 Å². The molecule has 1 N–H and O–H groups in total. The Morgan fingerprint density at radius 2 is 1.78 bits per heavy atom. The Hall–Kier alpha value is -2.92. The molecule has 5 heteroatoms. The molecule has 0 unspecified atom stereocenters. The molecule has 0 aliphatic carbocycles. The molecule has 0 bridgehead atoms. The SMILES string of the molecule is O=c1c2[nH]c3ccccc3c2nc2scc(-c3ccccc3)n12. The summed E-state index contributed by atoms with van der Waals surface area (Å²) in [5.41, 5.74) is 4.07. The number of nitrogens with one attached hydrogen (secondary N) is 1. The molecule has 5 rings (SSSR count). The highest BCUT2D eigenvalue weighted by Crippen LogP contribution is 2.27. The molecular weight excluding hydrogens is 306 g/mol. The van der Waals surface area contributed by atoms with Gasteiger partial charge >= 0.3 is 0 Å². The Bertz CT molecular complexity index is 1230. The number of hydrogen-bond acceptors (Lipinski definition) is 3. The van der Waals surface area contributed by atoms with Gasteiger partial charge in [0, 0.05) is 16.3 Å². The zero-order valence-electron chi connectivity index (χ0n) is 12.0. The van der Waals surface area contributed by atoms with Gasteiger partial charge in [-0.3, -0.25) is 4.79 Å². The maximum Gasteiger partial charge on any atom is 0.283 e. The van der Waals surface area contributed by atoms with Crippen LogP contribution in [0.3, 0.4) is 0 Å². The van der Waals surface area contributed by atoms with E-state index in [0.29, 0.717) is 10.5 Å². The predicted octanol–water partition coefficient (Wildman–Crippen LogP) is 4.06. The first-order chi connectivity index (χ1) is 11.3. The molecule has 23 heavy (non-hydrogen) atoms. The van der Waals surface area contributed by atoms with Gasteiger partial charge in [-0.05, 0) is 11.6 Å². The number of fused-ring (bicyclic) bond motifs is 4. The summed E-state index contributed by atoms with van der Waals surface area (Å²) in [4.78, 5) is 21.7. The molecule has 4 nitrogen and oxygen atoms in total. The molecule has 0 aliphatic heterocycles. The minimum atomic E-state index is -0.0543. The smallest absolute Gasteiger partial charge is 0.283 e. The lowest BCUT2D eigenvalue weighted by atomic mass is 10.2. The first-order valence-corrected chi connectivity index (χ1v) is 8.17. The zero-order chi connectivity index (χ0) is 15.4. The van der Waals surface area contributed by atoms with Crippen LogP contribution >= 0.6 is 11.3 Å². The van der Waals surface area contributed by atoms with Crippen LogP contribution in [-0.4, -0.2) is 14.4 Å². The second kappa shape index (κ2) is 4.54. The van der Waals surface area contributed by atoms with E-state index in [1.54, 1.807) is 4.40 Å². The van der Waals surface area contributed by atoms with E-state index in [0.717, 1.165) is 27.7 Å². The summed E-state index contributed by atoms with van der Waals surface area (Å²) in [6.45, 7) is 0. The third-order valence-electron chi connectivity index (χ3n) is 4.08. The van der Waals surface area contributed by atoms with Crippen LogP contribution in [0.25, 0.3) is 38.2 Å². The lowest BCUT2D eigenvalue weighted by Crippen LogP contribution is -2.14. The average molecular weight is 317 g/mol. The number of aromatic amines is 1. The highest BCUT2D eigenvalue weighted by molar-refractivity contribution is 7.15. The number of para-hydroxylation sites is 1. The van der Waals surface area contributed by atoms with Gasteiger partial charge in [-0.1, -0.05) is 48.5 Å². The average Bonchev–Trinajstić information content (AvgIpc) is 3.18. The number of hydrogen-bond donors (Lipinski definition) is 1. The van der Waals surface area contributed by atoms with Gasteiger partial charge in [-0.25, -0.2) is 9.38 Å². The number of benzene rings is 2. The summed E-state index contributed by atoms with van der Waals surface area (Å²) >= 11 is 1.49. The predicted molar refractivity (Wildman–Crippen MR) is 94.1 cm³/mol. The fraction of sp³-hybridized carbons (Fsp3) is 0. The largest absolute Gasteiger partial charge is 0.349 e. The normalized spacial score (nSPS) is 11.7. The third kappa shape index (κ3) is 1.71. The van der Waals surface area contributed by atoms with Crippen molar-refractivity contribution >= 4 is 38.2 Å². The first kappa shape index (κ1) is 12.6. The molecule has 0 saturated heterocycles. The Balaban J connectivity index is 1.95. The summed E-state index contributed by atoms with van der Waals surface area (Å²) < 4.78 is 1.69. The third-order valence-corrected chi connectivity index (χ3v) is 4.91. The first-order valence-electron chi connectivity index (χ1n) is 7.29. The fourth-order valence-electron chi connectivity index (χ4n) is 3.00. The van der Waals surface area contributed by atoms with Gasteiger partial charge in [0.25, 0.3) is 5.56 Å². The minimum absolute atomic E-state index is 0.0543. The van der Waals surface area contributed by atoms with Crippen LogP contribution in [0.15, 0.2) is 64.8 Å². The molecule has 3 heterocycles. The van der Waals surface area contributed by atoms with Gasteiger partial charge < -0.3 is 4.98 Å². The van der Waals surface area contributed by atoms with Gasteiger partial charge in [0.1, 0.15) is 11.0 Å². The van der Waals surface area contributed by atoms with Crippen LogP contribution in [-0.2, 0) is 0 Å². The highest BCUT2D eigenvalue weighted by Gasteiger charge is 2.15. The maximum absolute atomic E-state index is 13.0. The van der Waals surface area contributed by atoms with E-state index >= 15 is 0 Å². The number of H-pyrrole nitrogens is 1. The van der Waals surface area contributed by atoms with Crippen molar-refractivity contribution < 1.29 is 0 Å². The molecule has 3 aromatic heterocycles. The van der Waals surface area contributed by atoms with E-state index in [1.165, 1.54) is 11.3 Å². The number of aromatic nitrogens is 3. The molecule has 0 radical (unpaired) electrons. The fourth-order valence-corrected chi connectivity index (χ4v) is 3.89. The summed E-state index contributed by atoms with van der Waals surface area (Å²) in [6, 6.07) is 17.8. The second-order valence-electron chi connectivity index (χ2n) is 5.42. The van der Waals surface area contributed by atoms with Crippen molar-refractivity contribution in [3.8, 4) is 11.3 Å². The summed E-state index contributed by atoms with van der Waals surface area (Å²) in [5, 5.41) is 2.97. The minimum Gasteiger partial charge on any atom is -0.349 e. The van der Waals surface area contributed by atoms with Gasteiger partial charge in [0.05, 0.1) is 5.69 Å². The molecule has 2 aromatic carbocycles. The van der Waals surface area contributed by atoms with E-state index in [-0.39, 0.29) is 5.56 Å². The van der Waals surface area contributed by atoms with Crippen LogP contribution in [0.2, 0.25) is 0 Å². The van der Waals surface area contributed by atoms with Crippen molar-refractivity contribution in [1.29, 1.82) is 0 Å². The topological polar surface area (TPSA) is 50.2 Å². The van der Waals surface area contributed by atoms with Crippen molar-refractivity contribution in [2.24, 2.45) is 0 Å². The van der Waals surface area contributed by atoms with Crippen LogP contribution in [0.5, 0.6) is 0 Å². The maximum atomic E-state index is 13.0. The van der Waals surface area contributed by atoms with Crippen LogP contribution in [0.4, 0.5) is 0 Å². The lowest BCUT2D eigenvalue weighted by molar-refractivity contribution is 1.11. The summed E-state index contributed by atoms with van der Waals surface area (Å²) in [6.07, 6.45) is 0. The van der Waals surface area contributed by atoms with Crippen LogP contribution < -0.4 is 5.56 Å². The van der Waals surface area contributed by atoms with E-state index in [1.807, 2.05) is 60.0 Å². The van der Waals surface area contributed by atoms with E-state index in [4.69, 9.17) is 4.98 Å². The quantitative estimate of drug-likeness (QED) is 0.507.